The number of aromatic nitrogens is 10. The van der Waals surface area contributed by atoms with E-state index in [1.54, 1.807) is 36.4 Å². The normalized spacial score (nSPS) is 11.5. The largest absolute Gasteiger partial charge is 0.497 e. The second-order valence-corrected chi connectivity index (χ2v) is 22.5. The number of amides is 1. The number of hydrogen-bond acceptors (Lipinski definition) is 21. The number of ether oxygens (including phenoxy) is 4. The van der Waals surface area contributed by atoms with Crippen LogP contribution in [0, 0.1) is 13.8 Å². The Balaban J connectivity index is 0.000000247. The highest BCUT2D eigenvalue weighted by Crippen LogP contribution is 2.36. The second-order valence-electron chi connectivity index (χ2n) is 18.0. The third kappa shape index (κ3) is 18.0. The van der Waals surface area contributed by atoms with Gasteiger partial charge in [0.1, 0.15) is 42.7 Å². The molecule has 8 rings (SSSR count). The van der Waals surface area contributed by atoms with E-state index in [2.05, 4.69) is 56.1 Å². The number of aromatic carboxylic acids is 1. The molecule has 1 amide bonds. The number of nitrogens with zero attached hydrogens (tertiary/aromatic N) is 10. The van der Waals surface area contributed by atoms with Gasteiger partial charge in [0.2, 0.25) is 11.9 Å². The van der Waals surface area contributed by atoms with Crippen molar-refractivity contribution in [3.05, 3.63) is 132 Å². The lowest BCUT2D eigenvalue weighted by Gasteiger charge is -2.14. The van der Waals surface area contributed by atoms with E-state index in [4.69, 9.17) is 24.7 Å². The highest BCUT2D eigenvalue weighted by atomic mass is 32.2. The molecule has 6 aromatic heterocycles. The summed E-state index contributed by atoms with van der Waals surface area (Å²) in [5.41, 5.74) is 4.98. The number of carboxylic acids is 1. The number of carbonyl (C=O) groups excluding carboxylic acids is 1. The molecule has 0 radical (unpaired) electrons. The number of aryl methyl sites for hydroxylation is 2. The first-order chi connectivity index (χ1) is 39.9. The molecule has 452 valence electrons. The number of hydrogen-bond donors (Lipinski definition) is 5. The highest BCUT2D eigenvalue weighted by Gasteiger charge is 2.36. The van der Waals surface area contributed by atoms with Gasteiger partial charge in [-0.15, -0.1) is 0 Å². The van der Waals surface area contributed by atoms with Crippen molar-refractivity contribution in [3.63, 3.8) is 0 Å². The summed E-state index contributed by atoms with van der Waals surface area (Å²) in [4.78, 5) is 49.5. The van der Waals surface area contributed by atoms with E-state index in [0.29, 0.717) is 39.9 Å². The van der Waals surface area contributed by atoms with Gasteiger partial charge in [0.05, 0.1) is 51.1 Å². The molecule has 6 N–H and O–H groups in total. The Kier molecular flexibility index (Phi) is 20.7. The number of pyridine rings is 2. The lowest BCUT2D eigenvalue weighted by molar-refractivity contribution is -0.142. The van der Waals surface area contributed by atoms with E-state index in [0.717, 1.165) is 33.9 Å². The van der Waals surface area contributed by atoms with Crippen LogP contribution in [0.25, 0.3) is 33.9 Å². The zero-order chi connectivity index (χ0) is 62.6. The summed E-state index contributed by atoms with van der Waals surface area (Å²) in [6, 6.07) is 14.5. The molecule has 8 aromatic rings. The number of methoxy groups -OCH3 is 4. The molecular weight excluding hydrogens is 1170 g/mol. The van der Waals surface area contributed by atoms with Crippen molar-refractivity contribution < 1.29 is 76.8 Å². The topological polar surface area (TPSA) is 335 Å². The summed E-state index contributed by atoms with van der Waals surface area (Å²) in [6.45, 7) is 3.00. The van der Waals surface area contributed by atoms with Crippen LogP contribution in [0.1, 0.15) is 43.5 Å². The summed E-state index contributed by atoms with van der Waals surface area (Å²) in [7, 11) is -0.159. The molecule has 0 fully saturated rings. The third-order valence-electron chi connectivity index (χ3n) is 11.4. The molecule has 0 spiro atoms. The molecule has 0 aliphatic rings. The van der Waals surface area contributed by atoms with Gasteiger partial charge in [-0.2, -0.15) is 46.5 Å². The molecule has 0 aliphatic heterocycles. The third-order valence-corrected chi connectivity index (χ3v) is 13.3. The maximum absolute atomic E-state index is 13.5. The molecule has 6 heterocycles. The first-order valence-corrected chi connectivity index (χ1v) is 28.5. The fourth-order valence-corrected chi connectivity index (χ4v) is 8.25. The lowest BCUT2D eigenvalue weighted by atomic mass is 10.1. The van der Waals surface area contributed by atoms with E-state index < -0.39 is 55.3 Å². The number of nitrogens with two attached hydrogens (primary N) is 1. The smallest absolute Gasteiger partial charge is 0.435 e. The number of halogens is 6. The lowest BCUT2D eigenvalue weighted by Crippen LogP contribution is -2.28. The molecule has 0 unspecified atom stereocenters. The van der Waals surface area contributed by atoms with Crippen LogP contribution in [0.5, 0.6) is 23.0 Å². The van der Waals surface area contributed by atoms with Crippen molar-refractivity contribution >= 4 is 54.8 Å². The van der Waals surface area contributed by atoms with Gasteiger partial charge in [-0.05, 0) is 38.1 Å². The molecule has 2 aromatic carbocycles. The van der Waals surface area contributed by atoms with Gasteiger partial charge < -0.3 is 45.7 Å². The fraction of sp³-hybridized carbons (Fsp3) is 0.269. The van der Waals surface area contributed by atoms with Crippen molar-refractivity contribution in [1.29, 1.82) is 0 Å². The Morgan fingerprint density at radius 3 is 1.29 bits per heavy atom. The first kappa shape index (κ1) is 64.7. The number of carbonyl (C=O) groups is 2. The number of alkyl halides is 6. The molecule has 25 nitrogen and oxygen atoms in total. The summed E-state index contributed by atoms with van der Waals surface area (Å²) in [6.07, 6.45) is 0.716. The van der Waals surface area contributed by atoms with Crippen LogP contribution in [-0.4, -0.2) is 149 Å². The molecule has 0 bridgehead atoms. The maximum Gasteiger partial charge on any atom is 0.435 e. The Labute approximate surface area is 481 Å². The van der Waals surface area contributed by atoms with Gasteiger partial charge in [-0.1, -0.05) is 0 Å². The molecule has 0 aliphatic carbocycles. The van der Waals surface area contributed by atoms with Crippen LogP contribution >= 0.6 is 0 Å². The number of carboxylic acid groups (broad SMARTS) is 1. The van der Waals surface area contributed by atoms with Gasteiger partial charge in [-0.3, -0.25) is 14.8 Å². The van der Waals surface area contributed by atoms with Crippen molar-refractivity contribution in [2.45, 2.75) is 26.2 Å². The zero-order valence-corrected chi connectivity index (χ0v) is 47.9. The van der Waals surface area contributed by atoms with E-state index in [-0.39, 0.29) is 87.3 Å². The van der Waals surface area contributed by atoms with Crippen LogP contribution in [0.4, 0.5) is 49.6 Å². The number of sulfone groups is 2. The van der Waals surface area contributed by atoms with Crippen LogP contribution < -0.4 is 40.6 Å². The average molecular weight is 1230 g/mol. The number of rotatable bonds is 19. The maximum atomic E-state index is 13.5. The van der Waals surface area contributed by atoms with Crippen LogP contribution in [-0.2, 0) is 32.0 Å². The van der Waals surface area contributed by atoms with E-state index in [9.17, 15) is 57.9 Å². The average Bonchev–Trinajstić information content (AvgIpc) is 2.61. The Morgan fingerprint density at radius 2 is 0.965 bits per heavy atom. The Hall–Kier alpha value is -9.50. The van der Waals surface area contributed by atoms with E-state index in [1.165, 1.54) is 91.7 Å². The molecule has 33 heteroatoms. The number of benzene rings is 2. The second kappa shape index (κ2) is 27.3. The van der Waals surface area contributed by atoms with Crippen molar-refractivity contribution in [2.24, 2.45) is 5.73 Å². The number of anilines is 4. The van der Waals surface area contributed by atoms with Crippen molar-refractivity contribution in [3.8, 4) is 56.9 Å². The van der Waals surface area contributed by atoms with E-state index in [1.807, 2.05) is 0 Å². The van der Waals surface area contributed by atoms with E-state index >= 15 is 0 Å². The zero-order valence-electron chi connectivity index (χ0n) is 46.2. The summed E-state index contributed by atoms with van der Waals surface area (Å²) >= 11 is 0. The minimum atomic E-state index is -4.70. The van der Waals surface area contributed by atoms with Gasteiger partial charge in [0.15, 0.2) is 23.0 Å². The molecule has 0 saturated heterocycles. The SMILES string of the molecule is COc1cc(Nc2ncc(-c3cncc(C(=O)NCCS(C)(=O)=O)c3)c(-n3nc(C(F)(F)F)cc3C)n2)cc(OC)c1.COc1cc(Nc2ncc(-c3cncc(C(=O)O)c3)c(-n3nc(C(F)(F)F)cc3C)n2)cc(OC)c1.CS(=O)(=O)CCN. The van der Waals surface area contributed by atoms with Gasteiger partial charge in [-0.25, -0.2) is 41.0 Å². The van der Waals surface area contributed by atoms with Gasteiger partial charge in [0, 0.05) is 144 Å². The fourth-order valence-electron chi connectivity index (χ4n) is 7.35. The number of nitrogens with one attached hydrogen (secondary N) is 3. The molecule has 0 saturated carbocycles. The first-order valence-electron chi connectivity index (χ1n) is 24.4. The summed E-state index contributed by atoms with van der Waals surface area (Å²) in [5, 5.41) is 25.2. The monoisotopic (exact) mass is 1230 g/mol. The molecular formula is C52H54F6N14O11S2. The van der Waals surface area contributed by atoms with Crippen molar-refractivity contribution in [1.82, 2.24) is 54.8 Å². The van der Waals surface area contributed by atoms with Crippen LogP contribution in [0.3, 0.4) is 0 Å². The van der Waals surface area contributed by atoms with Gasteiger partial charge >= 0.3 is 18.3 Å². The molecule has 0 atom stereocenters. The Bertz CT molecular complexity index is 3900. The molecule has 85 heavy (non-hydrogen) atoms. The predicted molar refractivity (Wildman–Crippen MR) is 298 cm³/mol. The predicted octanol–water partition coefficient (Wildman–Crippen LogP) is 7.09. The Morgan fingerprint density at radius 1 is 0.576 bits per heavy atom. The summed E-state index contributed by atoms with van der Waals surface area (Å²) < 4.78 is 147. The van der Waals surface area contributed by atoms with Crippen molar-refractivity contribution in [2.75, 3.05) is 76.2 Å². The minimum Gasteiger partial charge on any atom is -0.497 e. The van der Waals surface area contributed by atoms with Gasteiger partial charge in [0.25, 0.3) is 5.91 Å². The minimum absolute atomic E-state index is 0.0142. The van der Waals surface area contributed by atoms with Crippen LogP contribution in [0.15, 0.2) is 97.8 Å². The summed E-state index contributed by atoms with van der Waals surface area (Å²) in [5.74, 6) is -0.0114. The quantitative estimate of drug-likeness (QED) is 0.0504. The highest BCUT2D eigenvalue weighted by molar-refractivity contribution is 7.90. The van der Waals surface area contributed by atoms with Crippen LogP contribution in [0.2, 0.25) is 0 Å². The standard InChI is InChI=1S/C26H26F3N7O5S.C23H19F3N6O4.C3H9NO2S/c1-15-7-22(26(27,28)29)35-36(15)23-21(16-8-17(13-30-12-16)24(37)31-5-6-42(4,38)39)14-32-25(34-23)33-18-9-19(40-2)11-20(10-18)41-3;1-12-4-19(23(24,25)26)31-32(12)20-18(13-5-14(21(33)34)10-27-9-13)11-28-22(30-20)29-15-6-16(35-2)8-17(7-15)36-3;1-7(5,6)3-2-4/h7-14H,5-6H2,1-4H3,(H,31,37)(H,32,33,34);4-11H,1-3H3,(H,33,34)(H,28,29,30);2-4H2,1H3.